The topological polar surface area (TPSA) is 101 Å². The number of imidazole rings is 1. The van der Waals surface area contributed by atoms with E-state index < -0.39 is 17.4 Å². The van der Waals surface area contributed by atoms with E-state index in [-0.39, 0.29) is 46.3 Å². The van der Waals surface area contributed by atoms with Gasteiger partial charge in [0, 0.05) is 0 Å². The van der Waals surface area contributed by atoms with Crippen molar-refractivity contribution in [1.29, 1.82) is 0 Å². The number of halogens is 1. The van der Waals surface area contributed by atoms with E-state index in [0.717, 1.165) is 6.07 Å². The second kappa shape index (κ2) is 7.03. The van der Waals surface area contributed by atoms with Crippen LogP contribution in [0.4, 0.5) is 10.2 Å². The summed E-state index contributed by atoms with van der Waals surface area (Å²) >= 11 is 0. The first-order chi connectivity index (χ1) is 15.7. The zero-order valence-corrected chi connectivity index (χ0v) is 15.6. The van der Waals surface area contributed by atoms with Gasteiger partial charge in [-0.3, -0.25) is 9.36 Å². The van der Waals surface area contributed by atoms with Crippen molar-refractivity contribution in [2.24, 2.45) is 0 Å². The summed E-state index contributed by atoms with van der Waals surface area (Å²) in [4.78, 5) is 32.5. The quantitative estimate of drug-likeness (QED) is 0.476. The third kappa shape index (κ3) is 2.96. The molecule has 0 saturated carbocycles. The maximum Gasteiger partial charge on any atom is 0.266 e. The standard InChI is InChI=1S/C21H16FN7O/c1-12(27-19-17-18(24-10-23-17)25-11-26-19)20-28-16-8-7-13(22)9-15(16)21(30)29(20)14-5-3-2-4-6-14/h2-12H,1H3,(H2,23,24,25,26,27)/t12-/m0/s1/i10D,11D,12D. The van der Waals surface area contributed by atoms with Gasteiger partial charge in [0.05, 0.1) is 30.3 Å². The lowest BCUT2D eigenvalue weighted by atomic mass is 10.2. The zero-order chi connectivity index (χ0) is 23.3. The second-order valence-corrected chi connectivity index (χ2v) is 6.54. The van der Waals surface area contributed by atoms with Crippen LogP contribution in [0.25, 0.3) is 27.8 Å². The van der Waals surface area contributed by atoms with Gasteiger partial charge >= 0.3 is 0 Å². The average molecular weight is 404 g/mol. The number of benzene rings is 2. The molecular formula is C21H16FN7O. The average Bonchev–Trinajstić information content (AvgIpc) is 3.14. The molecule has 0 bridgehead atoms. The van der Waals surface area contributed by atoms with Gasteiger partial charge in [-0.05, 0) is 37.3 Å². The molecule has 8 nitrogen and oxygen atoms in total. The van der Waals surface area contributed by atoms with Gasteiger partial charge in [-0.2, -0.15) is 0 Å². The number of anilines is 1. The monoisotopic (exact) mass is 404 g/mol. The van der Waals surface area contributed by atoms with E-state index in [9.17, 15) is 9.18 Å². The third-order valence-electron chi connectivity index (χ3n) is 4.60. The number of H-pyrrole nitrogens is 1. The van der Waals surface area contributed by atoms with Gasteiger partial charge in [-0.1, -0.05) is 18.2 Å². The van der Waals surface area contributed by atoms with Gasteiger partial charge in [0.2, 0.25) is 0 Å². The maximum absolute atomic E-state index is 13.9. The number of fused-ring (bicyclic) bond motifs is 2. The number of nitrogens with zero attached hydrogens (tertiary/aromatic N) is 5. The normalized spacial score (nSPS) is 14.8. The first-order valence-electron chi connectivity index (χ1n) is 10.5. The van der Waals surface area contributed by atoms with Crippen LogP contribution in [0, 0.1) is 5.82 Å². The number of para-hydroxylation sites is 1. The number of hydrogen-bond donors (Lipinski definition) is 2. The molecule has 30 heavy (non-hydrogen) atoms. The molecule has 3 heterocycles. The Kier molecular flexibility index (Phi) is 3.47. The number of aromatic nitrogens is 6. The van der Waals surface area contributed by atoms with Crippen molar-refractivity contribution in [3.63, 3.8) is 0 Å². The Labute approximate surface area is 173 Å². The molecule has 0 aliphatic carbocycles. The molecule has 0 fully saturated rings. The molecule has 0 radical (unpaired) electrons. The molecule has 0 aliphatic heterocycles. The third-order valence-corrected chi connectivity index (χ3v) is 4.60. The lowest BCUT2D eigenvalue weighted by molar-refractivity contribution is 0.629. The van der Waals surface area contributed by atoms with Crippen molar-refractivity contribution in [3.05, 3.63) is 83.1 Å². The highest BCUT2D eigenvalue weighted by Crippen LogP contribution is 2.23. The molecule has 0 aliphatic rings. The Bertz CT molecular complexity index is 1580. The van der Waals surface area contributed by atoms with Crippen molar-refractivity contribution in [2.45, 2.75) is 12.9 Å². The summed E-state index contributed by atoms with van der Waals surface area (Å²) in [6, 6.07) is 10.5. The largest absolute Gasteiger partial charge is 0.358 e. The second-order valence-electron chi connectivity index (χ2n) is 6.54. The molecule has 1 atom stereocenters. The van der Waals surface area contributed by atoms with Crippen molar-refractivity contribution in [1.82, 2.24) is 29.5 Å². The zero-order valence-electron chi connectivity index (χ0n) is 18.6. The summed E-state index contributed by atoms with van der Waals surface area (Å²) in [5.74, 6) is -0.528. The van der Waals surface area contributed by atoms with Crippen molar-refractivity contribution in [2.75, 3.05) is 5.32 Å². The van der Waals surface area contributed by atoms with E-state index >= 15 is 0 Å². The van der Waals surface area contributed by atoms with Gasteiger partial charge in [-0.25, -0.2) is 24.3 Å². The van der Waals surface area contributed by atoms with Gasteiger partial charge in [0.1, 0.15) is 26.2 Å². The summed E-state index contributed by atoms with van der Waals surface area (Å²) in [7, 11) is 0. The number of nitrogens with one attached hydrogen (secondary N) is 2. The predicted octanol–water partition coefficient (Wildman–Crippen LogP) is 3.36. The summed E-state index contributed by atoms with van der Waals surface area (Å²) in [5.41, 5.74) is 0.472. The van der Waals surface area contributed by atoms with Crippen LogP contribution in [0.5, 0.6) is 0 Å². The fourth-order valence-electron chi connectivity index (χ4n) is 3.22. The smallest absolute Gasteiger partial charge is 0.266 e. The van der Waals surface area contributed by atoms with Crippen LogP contribution in [0.2, 0.25) is 0 Å². The first kappa shape index (κ1) is 14.8. The Hall–Kier alpha value is -4.14. The Morgan fingerprint density at radius 3 is 2.87 bits per heavy atom. The van der Waals surface area contributed by atoms with E-state index in [0.29, 0.717) is 5.69 Å². The molecule has 5 rings (SSSR count). The van der Waals surface area contributed by atoms with Gasteiger partial charge < -0.3 is 10.3 Å². The van der Waals surface area contributed by atoms with Gasteiger partial charge in [0.15, 0.2) is 11.5 Å². The van der Waals surface area contributed by atoms with E-state index in [1.165, 1.54) is 23.6 Å². The molecule has 0 spiro atoms. The summed E-state index contributed by atoms with van der Waals surface area (Å²) < 4.78 is 39.7. The Balaban J connectivity index is 1.75. The van der Waals surface area contributed by atoms with Crippen molar-refractivity contribution < 1.29 is 8.50 Å². The Morgan fingerprint density at radius 1 is 1.20 bits per heavy atom. The predicted molar refractivity (Wildman–Crippen MR) is 111 cm³/mol. The highest BCUT2D eigenvalue weighted by Gasteiger charge is 2.20. The van der Waals surface area contributed by atoms with E-state index in [2.05, 4.69) is 30.2 Å². The SMILES string of the molecule is [2H]c1nc(N[C@@]([2H])(C)c2nc3ccc(F)cc3c(=O)n2-c2ccccc2)c2nc([2H])[nH]c2n1. The minimum Gasteiger partial charge on any atom is -0.358 e. The summed E-state index contributed by atoms with van der Waals surface area (Å²) in [6.07, 6.45) is -0.515. The van der Waals surface area contributed by atoms with E-state index in [1.807, 2.05) is 0 Å². The summed E-state index contributed by atoms with van der Waals surface area (Å²) in [5, 5.41) is 2.95. The number of aromatic amines is 1. The molecule has 0 amide bonds. The van der Waals surface area contributed by atoms with E-state index in [1.54, 1.807) is 30.3 Å². The number of hydrogen-bond acceptors (Lipinski definition) is 6. The molecule has 0 saturated heterocycles. The lowest BCUT2D eigenvalue weighted by Gasteiger charge is -2.20. The Morgan fingerprint density at radius 2 is 2.03 bits per heavy atom. The fraction of sp³-hybridized carbons (Fsp3) is 0.0952. The van der Waals surface area contributed by atoms with Crippen LogP contribution in [0.1, 0.15) is 22.9 Å². The van der Waals surface area contributed by atoms with Gasteiger partial charge in [0.25, 0.3) is 5.56 Å². The van der Waals surface area contributed by atoms with Crippen molar-refractivity contribution in [3.8, 4) is 5.69 Å². The fourth-order valence-corrected chi connectivity index (χ4v) is 3.22. The molecule has 148 valence electrons. The van der Waals surface area contributed by atoms with Gasteiger partial charge in [-0.15, -0.1) is 0 Å². The molecule has 2 N–H and O–H groups in total. The van der Waals surface area contributed by atoms with Crippen LogP contribution in [0.15, 0.2) is 65.9 Å². The molecule has 2 aromatic carbocycles. The van der Waals surface area contributed by atoms with E-state index in [4.69, 9.17) is 4.11 Å². The van der Waals surface area contributed by atoms with Crippen LogP contribution < -0.4 is 10.9 Å². The van der Waals surface area contributed by atoms with Crippen LogP contribution in [-0.4, -0.2) is 29.5 Å². The minimum absolute atomic E-state index is 0.0118. The van der Waals surface area contributed by atoms with Crippen molar-refractivity contribution >= 4 is 27.9 Å². The summed E-state index contributed by atoms with van der Waals surface area (Å²) in [6.45, 7) is 1.47. The molecule has 9 heteroatoms. The minimum atomic E-state index is -1.76. The number of rotatable bonds is 4. The molecule has 3 aromatic heterocycles. The van der Waals surface area contributed by atoms with Crippen LogP contribution in [-0.2, 0) is 0 Å². The molecular weight excluding hydrogens is 385 g/mol. The lowest BCUT2D eigenvalue weighted by Crippen LogP contribution is -2.27. The maximum atomic E-state index is 13.9. The highest BCUT2D eigenvalue weighted by atomic mass is 19.1. The van der Waals surface area contributed by atoms with Crippen LogP contribution >= 0.6 is 0 Å². The molecule has 5 aromatic rings. The first-order valence-corrected chi connectivity index (χ1v) is 9.00. The van der Waals surface area contributed by atoms with Crippen LogP contribution in [0.3, 0.4) is 0 Å². The molecule has 0 unspecified atom stereocenters. The highest BCUT2D eigenvalue weighted by molar-refractivity contribution is 5.82.